The molecule has 3 N–H and O–H groups in total. The van der Waals surface area contributed by atoms with Gasteiger partial charge in [-0.25, -0.2) is 0 Å². The van der Waals surface area contributed by atoms with E-state index < -0.39 is 0 Å². The van der Waals surface area contributed by atoms with Gasteiger partial charge < -0.3 is 0 Å². The topological polar surface area (TPSA) is 50.9 Å². The van der Waals surface area contributed by atoms with Crippen LogP contribution in [0.3, 0.4) is 0 Å². The fourth-order valence-corrected chi connectivity index (χ4v) is 1.67. The number of aromatic nitrogens is 1. The van der Waals surface area contributed by atoms with E-state index in [1.54, 1.807) is 16.8 Å². The van der Waals surface area contributed by atoms with Crippen LogP contribution in [0.5, 0.6) is 0 Å². The number of hydrogen-bond donors (Lipinski definition) is 2. The minimum atomic E-state index is 0.162. The molecule has 0 saturated heterocycles. The van der Waals surface area contributed by atoms with Crippen LogP contribution in [-0.2, 0) is 0 Å². The lowest BCUT2D eigenvalue weighted by atomic mass is 10.1. The summed E-state index contributed by atoms with van der Waals surface area (Å²) in [6.45, 7) is 5.83. The van der Waals surface area contributed by atoms with Gasteiger partial charge in [-0.15, -0.1) is 17.9 Å². The number of thiazole rings is 1. The van der Waals surface area contributed by atoms with Crippen molar-refractivity contribution in [3.63, 3.8) is 0 Å². The lowest BCUT2D eigenvalue weighted by Gasteiger charge is -2.12. The summed E-state index contributed by atoms with van der Waals surface area (Å²) in [5.74, 6) is 5.40. The molecule has 1 heterocycles. The summed E-state index contributed by atoms with van der Waals surface area (Å²) in [7, 11) is 0. The summed E-state index contributed by atoms with van der Waals surface area (Å²) in [4.78, 5) is 5.14. The molecule has 66 valence electrons. The fourth-order valence-electron chi connectivity index (χ4n) is 0.988. The zero-order valence-corrected chi connectivity index (χ0v) is 7.90. The molecule has 0 aromatic carbocycles. The molecule has 1 aromatic heterocycles. The number of hydrazine groups is 1. The van der Waals surface area contributed by atoms with E-state index in [0.29, 0.717) is 0 Å². The Balaban J connectivity index is 2.63. The summed E-state index contributed by atoms with van der Waals surface area (Å²) in [5, 5.41) is 0. The molecular weight excluding hydrogens is 170 g/mol. The zero-order chi connectivity index (χ0) is 8.97. The first-order valence-corrected chi connectivity index (χ1v) is 4.61. The first-order valence-electron chi connectivity index (χ1n) is 3.73. The van der Waals surface area contributed by atoms with E-state index >= 15 is 0 Å². The van der Waals surface area contributed by atoms with Crippen molar-refractivity contribution < 1.29 is 0 Å². The van der Waals surface area contributed by atoms with Crippen molar-refractivity contribution in [2.45, 2.75) is 19.4 Å². The monoisotopic (exact) mass is 183 g/mol. The van der Waals surface area contributed by atoms with Crippen molar-refractivity contribution in [1.29, 1.82) is 0 Å². The molecule has 3 nitrogen and oxygen atoms in total. The first-order chi connectivity index (χ1) is 5.74. The van der Waals surface area contributed by atoms with Crippen LogP contribution >= 0.6 is 11.3 Å². The minimum Gasteiger partial charge on any atom is -0.271 e. The average molecular weight is 183 g/mol. The third-order valence-corrected chi connectivity index (χ3v) is 2.44. The number of nitrogens with zero attached hydrogens (tertiary/aromatic N) is 1. The molecule has 0 bridgehead atoms. The van der Waals surface area contributed by atoms with Gasteiger partial charge in [0.25, 0.3) is 0 Å². The Morgan fingerprint density at radius 1 is 1.92 bits per heavy atom. The highest BCUT2D eigenvalue weighted by molar-refractivity contribution is 7.09. The van der Waals surface area contributed by atoms with E-state index in [-0.39, 0.29) is 6.04 Å². The molecule has 1 atom stereocenters. The van der Waals surface area contributed by atoms with E-state index in [1.165, 1.54) is 0 Å². The van der Waals surface area contributed by atoms with E-state index in [2.05, 4.69) is 17.0 Å². The van der Waals surface area contributed by atoms with E-state index in [4.69, 9.17) is 5.84 Å². The van der Waals surface area contributed by atoms with Gasteiger partial charge >= 0.3 is 0 Å². The lowest BCUT2D eigenvalue weighted by molar-refractivity contribution is 0.558. The smallest absolute Gasteiger partial charge is 0.0794 e. The third-order valence-electron chi connectivity index (χ3n) is 1.55. The molecule has 0 radical (unpaired) electrons. The summed E-state index contributed by atoms with van der Waals surface area (Å²) in [6, 6.07) is 0.162. The number of rotatable bonds is 4. The Labute approximate surface area is 76.3 Å². The van der Waals surface area contributed by atoms with Gasteiger partial charge in [0.15, 0.2) is 0 Å². The second-order valence-corrected chi connectivity index (χ2v) is 3.70. The van der Waals surface area contributed by atoms with E-state index in [0.717, 1.165) is 16.9 Å². The summed E-state index contributed by atoms with van der Waals surface area (Å²) in [5.41, 5.74) is 5.67. The zero-order valence-electron chi connectivity index (χ0n) is 7.08. The Morgan fingerprint density at radius 3 is 3.08 bits per heavy atom. The molecular formula is C8H13N3S. The largest absolute Gasteiger partial charge is 0.271 e. The molecule has 0 spiro atoms. The molecule has 12 heavy (non-hydrogen) atoms. The SMILES string of the molecule is C=C(C)CC(NN)c1cncs1. The Hall–Kier alpha value is -0.710. The maximum Gasteiger partial charge on any atom is 0.0794 e. The van der Waals surface area contributed by atoms with Crippen LogP contribution in [0.4, 0.5) is 0 Å². The molecule has 0 aliphatic carbocycles. The molecule has 1 rings (SSSR count). The molecule has 0 amide bonds. The number of nitrogens with two attached hydrogens (primary N) is 1. The minimum absolute atomic E-state index is 0.162. The lowest BCUT2D eigenvalue weighted by Crippen LogP contribution is -2.27. The van der Waals surface area contributed by atoms with E-state index in [1.807, 2.05) is 13.1 Å². The predicted octanol–water partition coefficient (Wildman–Crippen LogP) is 1.61. The summed E-state index contributed by atoms with van der Waals surface area (Å²) < 4.78 is 0. The Bertz CT molecular complexity index is 243. The number of nitrogens with one attached hydrogen (secondary N) is 1. The van der Waals surface area contributed by atoms with Crippen molar-refractivity contribution in [2.24, 2.45) is 5.84 Å². The van der Waals surface area contributed by atoms with Gasteiger partial charge in [0.1, 0.15) is 0 Å². The highest BCUT2D eigenvalue weighted by Crippen LogP contribution is 2.22. The highest BCUT2D eigenvalue weighted by atomic mass is 32.1. The van der Waals surface area contributed by atoms with Crippen LogP contribution in [-0.4, -0.2) is 4.98 Å². The predicted molar refractivity (Wildman–Crippen MR) is 51.6 cm³/mol. The van der Waals surface area contributed by atoms with Gasteiger partial charge in [-0.3, -0.25) is 16.3 Å². The average Bonchev–Trinajstić information content (AvgIpc) is 2.51. The van der Waals surface area contributed by atoms with Crippen LogP contribution in [0.1, 0.15) is 24.3 Å². The summed E-state index contributed by atoms with van der Waals surface area (Å²) >= 11 is 1.60. The van der Waals surface area contributed by atoms with Crippen molar-refractivity contribution in [3.8, 4) is 0 Å². The molecule has 1 unspecified atom stereocenters. The highest BCUT2D eigenvalue weighted by Gasteiger charge is 2.10. The van der Waals surface area contributed by atoms with Crippen LogP contribution in [0, 0.1) is 0 Å². The van der Waals surface area contributed by atoms with Crippen molar-refractivity contribution in [3.05, 3.63) is 28.7 Å². The van der Waals surface area contributed by atoms with E-state index in [9.17, 15) is 0 Å². The molecule has 0 aliphatic rings. The quantitative estimate of drug-likeness (QED) is 0.423. The maximum atomic E-state index is 5.40. The Morgan fingerprint density at radius 2 is 2.67 bits per heavy atom. The summed E-state index contributed by atoms with van der Waals surface area (Å²) in [6.07, 6.45) is 2.69. The van der Waals surface area contributed by atoms with Crippen LogP contribution in [0.25, 0.3) is 0 Å². The first kappa shape index (κ1) is 9.38. The molecule has 4 heteroatoms. The second kappa shape index (κ2) is 4.35. The molecule has 0 fully saturated rings. The molecule has 1 aromatic rings. The Kier molecular flexibility index (Phi) is 3.40. The van der Waals surface area contributed by atoms with Crippen molar-refractivity contribution in [2.75, 3.05) is 0 Å². The normalized spacial score (nSPS) is 12.8. The van der Waals surface area contributed by atoms with Gasteiger partial charge in [-0.05, 0) is 13.3 Å². The van der Waals surface area contributed by atoms with Gasteiger partial charge in [0.05, 0.1) is 11.6 Å². The number of hydrogen-bond acceptors (Lipinski definition) is 4. The molecule has 0 aliphatic heterocycles. The van der Waals surface area contributed by atoms with Gasteiger partial charge in [0, 0.05) is 11.1 Å². The van der Waals surface area contributed by atoms with Crippen molar-refractivity contribution in [1.82, 2.24) is 10.4 Å². The van der Waals surface area contributed by atoms with Crippen LogP contribution in [0.15, 0.2) is 23.9 Å². The standard InChI is InChI=1S/C8H13N3S/c1-6(2)3-7(11-9)8-4-10-5-12-8/h4-5,7,11H,1,3,9H2,2H3. The van der Waals surface area contributed by atoms with Gasteiger partial charge in [0.2, 0.25) is 0 Å². The van der Waals surface area contributed by atoms with Crippen molar-refractivity contribution >= 4 is 11.3 Å². The van der Waals surface area contributed by atoms with Gasteiger partial charge in [-0.2, -0.15) is 0 Å². The third kappa shape index (κ3) is 2.41. The molecule has 0 saturated carbocycles. The maximum absolute atomic E-state index is 5.40. The van der Waals surface area contributed by atoms with Crippen LogP contribution < -0.4 is 11.3 Å². The van der Waals surface area contributed by atoms with Crippen LogP contribution in [0.2, 0.25) is 0 Å². The second-order valence-electron chi connectivity index (χ2n) is 2.78. The fraction of sp³-hybridized carbons (Fsp3) is 0.375. The van der Waals surface area contributed by atoms with Gasteiger partial charge in [-0.1, -0.05) is 5.57 Å².